The summed E-state index contributed by atoms with van der Waals surface area (Å²) in [7, 11) is 0. The Labute approximate surface area is 101 Å². The molecule has 0 aliphatic heterocycles. The van der Waals surface area contributed by atoms with Gasteiger partial charge in [0.25, 0.3) is 0 Å². The summed E-state index contributed by atoms with van der Waals surface area (Å²) in [5.74, 6) is -0.307. The van der Waals surface area contributed by atoms with Crippen LogP contribution in [-0.4, -0.2) is 12.6 Å². The molecule has 0 atom stereocenters. The monoisotopic (exact) mass is 253 g/mol. The Morgan fingerprint density at radius 3 is 2.94 bits per heavy atom. The maximum atomic E-state index is 11.7. The Morgan fingerprint density at radius 1 is 1.50 bits per heavy atom. The van der Waals surface area contributed by atoms with E-state index in [9.17, 15) is 4.79 Å². The van der Waals surface area contributed by atoms with Gasteiger partial charge in [0.2, 0.25) is 0 Å². The highest BCUT2D eigenvalue weighted by atomic mass is 32.1. The first kappa shape index (κ1) is 11.2. The fourth-order valence-electron chi connectivity index (χ4n) is 1.41. The van der Waals surface area contributed by atoms with E-state index in [1.165, 1.54) is 11.3 Å². The van der Waals surface area contributed by atoms with Gasteiger partial charge in [0.05, 0.1) is 17.2 Å². The Kier molecular flexibility index (Phi) is 3.26. The lowest BCUT2D eigenvalue weighted by Gasteiger charge is -2.02. The number of carbonyl (C=O) groups excluding carboxylic acids is 1. The van der Waals surface area contributed by atoms with Gasteiger partial charge in [-0.3, -0.25) is 0 Å². The number of carbonyl (C=O) groups is 1. The van der Waals surface area contributed by atoms with Gasteiger partial charge < -0.3 is 10.5 Å². The summed E-state index contributed by atoms with van der Waals surface area (Å²) in [5, 5.41) is 4.37. The molecule has 0 spiro atoms. The zero-order valence-electron chi connectivity index (χ0n) is 8.73. The summed E-state index contributed by atoms with van der Waals surface area (Å²) in [5.41, 5.74) is 7.25. The zero-order chi connectivity index (χ0) is 11.5. The minimum atomic E-state index is -0.307. The molecule has 0 amide bonds. The fourth-order valence-corrected chi connectivity index (χ4v) is 3.07. The van der Waals surface area contributed by atoms with E-state index in [-0.39, 0.29) is 5.97 Å². The summed E-state index contributed by atoms with van der Waals surface area (Å²) in [6, 6.07) is 3.89. The number of ether oxygens (including phenoxy) is 1. The van der Waals surface area contributed by atoms with Crippen molar-refractivity contribution < 1.29 is 9.53 Å². The molecule has 0 aromatic carbocycles. The lowest BCUT2D eigenvalue weighted by molar-refractivity contribution is 0.0528. The highest BCUT2D eigenvalue weighted by Crippen LogP contribution is 2.37. The minimum Gasteiger partial charge on any atom is -0.462 e. The second-order valence-electron chi connectivity index (χ2n) is 3.09. The third kappa shape index (κ3) is 1.96. The molecule has 2 aromatic heterocycles. The number of hydrogen-bond acceptors (Lipinski definition) is 5. The van der Waals surface area contributed by atoms with Crippen molar-refractivity contribution in [2.75, 3.05) is 12.3 Å². The first-order valence-corrected chi connectivity index (χ1v) is 6.58. The van der Waals surface area contributed by atoms with E-state index >= 15 is 0 Å². The Bertz CT molecular complexity index is 488. The van der Waals surface area contributed by atoms with E-state index in [1.54, 1.807) is 23.6 Å². The number of nitrogen functional groups attached to an aromatic ring is 1. The van der Waals surface area contributed by atoms with E-state index in [4.69, 9.17) is 10.5 Å². The first-order valence-electron chi connectivity index (χ1n) is 4.82. The molecule has 0 bridgehead atoms. The lowest BCUT2D eigenvalue weighted by Crippen LogP contribution is -2.04. The molecule has 2 aromatic rings. The van der Waals surface area contributed by atoms with E-state index in [0.29, 0.717) is 17.2 Å². The van der Waals surface area contributed by atoms with Crippen LogP contribution in [0.1, 0.15) is 17.3 Å². The van der Waals surface area contributed by atoms with Crippen LogP contribution >= 0.6 is 22.7 Å². The number of esters is 1. The van der Waals surface area contributed by atoms with Gasteiger partial charge in [0.1, 0.15) is 0 Å². The number of thiophene rings is 2. The minimum absolute atomic E-state index is 0.307. The van der Waals surface area contributed by atoms with Crippen LogP contribution in [0.3, 0.4) is 0 Å². The van der Waals surface area contributed by atoms with Crippen molar-refractivity contribution in [2.45, 2.75) is 6.92 Å². The van der Waals surface area contributed by atoms with Crippen LogP contribution in [0.25, 0.3) is 10.4 Å². The maximum absolute atomic E-state index is 11.7. The van der Waals surface area contributed by atoms with E-state index in [1.807, 2.05) is 17.5 Å². The molecule has 0 saturated carbocycles. The molecule has 2 heterocycles. The number of rotatable bonds is 3. The topological polar surface area (TPSA) is 52.3 Å². The summed E-state index contributed by atoms with van der Waals surface area (Å²) < 4.78 is 5.00. The Morgan fingerprint density at radius 2 is 2.31 bits per heavy atom. The van der Waals surface area contributed by atoms with Crippen molar-refractivity contribution in [3.63, 3.8) is 0 Å². The molecule has 3 nitrogen and oxygen atoms in total. The predicted molar refractivity (Wildman–Crippen MR) is 68.0 cm³/mol. The number of hydrogen-bond donors (Lipinski definition) is 1. The molecular formula is C11H11NO2S2. The van der Waals surface area contributed by atoms with Crippen LogP contribution in [0, 0.1) is 0 Å². The number of anilines is 1. The van der Waals surface area contributed by atoms with Crippen molar-refractivity contribution in [3.8, 4) is 10.4 Å². The van der Waals surface area contributed by atoms with E-state index in [0.717, 1.165) is 10.4 Å². The molecule has 0 fully saturated rings. The molecule has 5 heteroatoms. The first-order chi connectivity index (χ1) is 7.74. The van der Waals surface area contributed by atoms with Gasteiger partial charge in [-0.05, 0) is 18.4 Å². The van der Waals surface area contributed by atoms with Crippen LogP contribution in [0.15, 0.2) is 22.9 Å². The van der Waals surface area contributed by atoms with Gasteiger partial charge in [0, 0.05) is 15.8 Å². The Hall–Kier alpha value is -1.33. The van der Waals surface area contributed by atoms with Gasteiger partial charge in [-0.25, -0.2) is 4.79 Å². The molecule has 84 valence electrons. The van der Waals surface area contributed by atoms with Crippen molar-refractivity contribution in [2.24, 2.45) is 0 Å². The third-order valence-corrected chi connectivity index (χ3v) is 3.78. The molecule has 0 radical (unpaired) electrons. The van der Waals surface area contributed by atoms with Crippen LogP contribution in [0.4, 0.5) is 5.00 Å². The van der Waals surface area contributed by atoms with Crippen molar-refractivity contribution in [3.05, 3.63) is 28.5 Å². The molecular weight excluding hydrogens is 242 g/mol. The SMILES string of the molecule is CCOC(=O)c1csc(N)c1-c1cccs1. The summed E-state index contributed by atoms with van der Waals surface area (Å²) in [4.78, 5) is 12.7. The summed E-state index contributed by atoms with van der Waals surface area (Å²) in [6.07, 6.45) is 0. The lowest BCUT2D eigenvalue weighted by atomic mass is 10.1. The normalized spacial score (nSPS) is 10.3. The van der Waals surface area contributed by atoms with Gasteiger partial charge in [-0.2, -0.15) is 0 Å². The Balaban J connectivity index is 2.44. The summed E-state index contributed by atoms with van der Waals surface area (Å²) in [6.45, 7) is 2.16. The molecule has 0 unspecified atom stereocenters. The molecule has 0 aliphatic carbocycles. The van der Waals surface area contributed by atoms with Crippen molar-refractivity contribution in [1.29, 1.82) is 0 Å². The van der Waals surface area contributed by atoms with Crippen molar-refractivity contribution in [1.82, 2.24) is 0 Å². The summed E-state index contributed by atoms with van der Waals surface area (Å²) >= 11 is 2.93. The van der Waals surface area contributed by atoms with Crippen LogP contribution in [0.5, 0.6) is 0 Å². The van der Waals surface area contributed by atoms with Crippen LogP contribution in [0.2, 0.25) is 0 Å². The second kappa shape index (κ2) is 4.67. The smallest absolute Gasteiger partial charge is 0.339 e. The van der Waals surface area contributed by atoms with E-state index < -0.39 is 0 Å². The van der Waals surface area contributed by atoms with Crippen LogP contribution in [-0.2, 0) is 4.74 Å². The maximum Gasteiger partial charge on any atom is 0.339 e. The largest absolute Gasteiger partial charge is 0.462 e. The highest BCUT2D eigenvalue weighted by Gasteiger charge is 2.19. The van der Waals surface area contributed by atoms with Gasteiger partial charge in [-0.1, -0.05) is 6.07 Å². The second-order valence-corrected chi connectivity index (χ2v) is 4.95. The zero-order valence-corrected chi connectivity index (χ0v) is 10.4. The van der Waals surface area contributed by atoms with Gasteiger partial charge in [0.15, 0.2) is 0 Å². The highest BCUT2D eigenvalue weighted by molar-refractivity contribution is 7.17. The molecule has 0 aliphatic rings. The average molecular weight is 253 g/mol. The third-order valence-electron chi connectivity index (χ3n) is 2.08. The van der Waals surface area contributed by atoms with Gasteiger partial charge in [-0.15, -0.1) is 22.7 Å². The average Bonchev–Trinajstić information content (AvgIpc) is 2.86. The molecule has 2 rings (SSSR count). The number of nitrogens with two attached hydrogens (primary N) is 1. The van der Waals surface area contributed by atoms with Gasteiger partial charge >= 0.3 is 5.97 Å². The quantitative estimate of drug-likeness (QED) is 0.854. The predicted octanol–water partition coefficient (Wildman–Crippen LogP) is 3.24. The standard InChI is InChI=1S/C11H11NO2S2/c1-2-14-11(13)7-6-16-10(12)9(7)8-4-3-5-15-8/h3-6H,2,12H2,1H3. The molecule has 0 saturated heterocycles. The van der Waals surface area contributed by atoms with Crippen LogP contribution < -0.4 is 5.73 Å². The fraction of sp³-hybridized carbons (Fsp3) is 0.182. The van der Waals surface area contributed by atoms with Crippen molar-refractivity contribution >= 4 is 33.6 Å². The molecule has 2 N–H and O–H groups in total. The molecule has 16 heavy (non-hydrogen) atoms. The van der Waals surface area contributed by atoms with E-state index in [2.05, 4.69) is 0 Å².